The van der Waals surface area contributed by atoms with Gasteiger partial charge in [-0.25, -0.2) is 4.98 Å². The maximum absolute atomic E-state index is 13.3. The summed E-state index contributed by atoms with van der Waals surface area (Å²) < 4.78 is 1.04. The lowest BCUT2D eigenvalue weighted by molar-refractivity contribution is -0.130. The van der Waals surface area contributed by atoms with Gasteiger partial charge in [0.1, 0.15) is 0 Å². The molecule has 2 aliphatic carbocycles. The molecule has 2 fully saturated rings. The standard InChI is InChI=1S/C18H19BrN2O2S/c1-16(2)17(3)8-9-18(16,12(19)13(17)22)14(23)21-15-20-10-6-4-5-7-11(10)24-15/h4-7,12H,8-9H2,1-3H3,(H,20,21,23)/t12-,17-,18-/m1/s1. The number of carbonyl (C=O) groups excluding carboxylic acids is 2. The van der Waals surface area contributed by atoms with Crippen LogP contribution >= 0.6 is 27.3 Å². The molecule has 2 aromatic rings. The Labute approximate surface area is 153 Å². The van der Waals surface area contributed by atoms with Crippen molar-refractivity contribution in [2.75, 3.05) is 5.32 Å². The molecule has 0 radical (unpaired) electrons. The first-order valence-corrected chi connectivity index (χ1v) is 9.83. The number of thiazole rings is 1. The average molecular weight is 407 g/mol. The molecular formula is C18H19BrN2O2S. The van der Waals surface area contributed by atoms with Crippen molar-refractivity contribution in [1.82, 2.24) is 4.98 Å². The molecule has 2 aliphatic rings. The van der Waals surface area contributed by atoms with Gasteiger partial charge in [0.25, 0.3) is 0 Å². The van der Waals surface area contributed by atoms with Gasteiger partial charge in [0.2, 0.25) is 5.91 Å². The second kappa shape index (κ2) is 4.88. The Hall–Kier alpha value is -1.27. The van der Waals surface area contributed by atoms with E-state index in [1.165, 1.54) is 11.3 Å². The van der Waals surface area contributed by atoms with Crippen molar-refractivity contribution in [3.8, 4) is 0 Å². The van der Waals surface area contributed by atoms with E-state index in [-0.39, 0.29) is 11.7 Å². The van der Waals surface area contributed by atoms with Crippen LogP contribution in [-0.4, -0.2) is 21.5 Å². The second-order valence-electron chi connectivity index (χ2n) is 7.60. The highest BCUT2D eigenvalue weighted by Crippen LogP contribution is 2.72. The van der Waals surface area contributed by atoms with E-state index in [1.54, 1.807) is 0 Å². The Bertz CT molecular complexity index is 844. The van der Waals surface area contributed by atoms with Crippen LogP contribution in [0.1, 0.15) is 33.6 Å². The molecule has 1 N–H and O–H groups in total. The highest BCUT2D eigenvalue weighted by Gasteiger charge is 2.76. The summed E-state index contributed by atoms with van der Waals surface area (Å²) in [5, 5.41) is 3.60. The summed E-state index contributed by atoms with van der Waals surface area (Å²) in [6, 6.07) is 7.81. The van der Waals surface area contributed by atoms with Crippen LogP contribution in [0.25, 0.3) is 10.2 Å². The van der Waals surface area contributed by atoms with Gasteiger partial charge in [0.15, 0.2) is 10.9 Å². The fraction of sp³-hybridized carbons (Fsp3) is 0.500. The van der Waals surface area contributed by atoms with Gasteiger partial charge < -0.3 is 5.32 Å². The molecule has 1 aromatic heterocycles. The van der Waals surface area contributed by atoms with Gasteiger partial charge in [-0.15, -0.1) is 0 Å². The zero-order chi connectivity index (χ0) is 17.3. The fourth-order valence-corrected chi connectivity index (χ4v) is 6.96. The van der Waals surface area contributed by atoms with Crippen LogP contribution in [0.2, 0.25) is 0 Å². The number of ketones is 1. The number of hydrogen-bond donors (Lipinski definition) is 1. The van der Waals surface area contributed by atoms with Crippen LogP contribution in [0, 0.1) is 16.2 Å². The number of nitrogens with zero attached hydrogens (tertiary/aromatic N) is 1. The Morgan fingerprint density at radius 3 is 2.62 bits per heavy atom. The summed E-state index contributed by atoms with van der Waals surface area (Å²) in [6.45, 7) is 6.11. The maximum atomic E-state index is 13.3. The van der Waals surface area contributed by atoms with Crippen LogP contribution in [0.3, 0.4) is 0 Å². The molecular weight excluding hydrogens is 388 g/mol. The van der Waals surface area contributed by atoms with E-state index in [0.29, 0.717) is 5.13 Å². The molecule has 0 spiro atoms. The van der Waals surface area contributed by atoms with Crippen molar-refractivity contribution in [3.05, 3.63) is 24.3 Å². The minimum atomic E-state index is -0.726. The van der Waals surface area contributed by atoms with Crippen molar-refractivity contribution < 1.29 is 9.59 Å². The van der Waals surface area contributed by atoms with E-state index in [9.17, 15) is 9.59 Å². The van der Waals surface area contributed by atoms with Crippen molar-refractivity contribution in [2.45, 2.75) is 38.4 Å². The molecule has 1 heterocycles. The third-order valence-electron chi connectivity index (χ3n) is 6.64. The molecule has 24 heavy (non-hydrogen) atoms. The van der Waals surface area contributed by atoms with E-state index in [1.807, 2.05) is 31.2 Å². The van der Waals surface area contributed by atoms with Gasteiger partial charge >= 0.3 is 0 Å². The van der Waals surface area contributed by atoms with E-state index in [2.05, 4.69) is 40.1 Å². The number of benzene rings is 1. The second-order valence-corrected chi connectivity index (χ2v) is 9.54. The van der Waals surface area contributed by atoms with Crippen molar-refractivity contribution in [1.29, 1.82) is 0 Å². The molecule has 0 unspecified atom stereocenters. The first-order chi connectivity index (χ1) is 11.2. The first-order valence-electron chi connectivity index (χ1n) is 8.09. The average Bonchev–Trinajstić information content (AvgIpc) is 3.06. The number of Topliss-reactive ketones (excluding diaryl/α,β-unsaturated/α-hetero) is 1. The molecule has 2 bridgehead atoms. The molecule has 6 heteroatoms. The lowest BCUT2D eigenvalue weighted by Gasteiger charge is -2.39. The molecule has 1 amide bonds. The number of aromatic nitrogens is 1. The predicted molar refractivity (Wildman–Crippen MR) is 99.5 cm³/mol. The number of amides is 1. The van der Waals surface area contributed by atoms with Crippen LogP contribution in [0.15, 0.2) is 24.3 Å². The summed E-state index contributed by atoms with van der Waals surface area (Å²) in [5.41, 5.74) is -0.696. The largest absolute Gasteiger partial charge is 0.301 e. The topological polar surface area (TPSA) is 59.1 Å². The highest BCUT2D eigenvalue weighted by atomic mass is 79.9. The molecule has 3 atom stereocenters. The number of para-hydroxylation sites is 1. The normalized spacial score (nSPS) is 34.0. The van der Waals surface area contributed by atoms with Gasteiger partial charge in [-0.3, -0.25) is 9.59 Å². The predicted octanol–water partition coefficient (Wildman–Crippen LogP) is 4.39. The highest BCUT2D eigenvalue weighted by molar-refractivity contribution is 9.10. The molecule has 4 nitrogen and oxygen atoms in total. The number of halogens is 1. The van der Waals surface area contributed by atoms with Gasteiger partial charge in [0, 0.05) is 5.41 Å². The summed E-state index contributed by atoms with van der Waals surface area (Å²) in [4.78, 5) is 30.1. The molecule has 1 aromatic carbocycles. The Kier molecular flexibility index (Phi) is 3.30. The van der Waals surface area contributed by atoms with Crippen LogP contribution in [0.4, 0.5) is 5.13 Å². The number of nitrogens with one attached hydrogen (secondary N) is 1. The number of rotatable bonds is 2. The summed E-state index contributed by atoms with van der Waals surface area (Å²) >= 11 is 5.02. The quantitative estimate of drug-likeness (QED) is 0.751. The molecule has 0 saturated heterocycles. The summed E-state index contributed by atoms with van der Waals surface area (Å²) in [6.07, 6.45) is 1.48. The van der Waals surface area contributed by atoms with E-state index in [4.69, 9.17) is 0 Å². The maximum Gasteiger partial charge on any atom is 0.234 e. The lowest BCUT2D eigenvalue weighted by Crippen LogP contribution is -2.47. The van der Waals surface area contributed by atoms with E-state index >= 15 is 0 Å². The number of hydrogen-bond acceptors (Lipinski definition) is 4. The number of anilines is 1. The monoisotopic (exact) mass is 406 g/mol. The van der Waals surface area contributed by atoms with Gasteiger partial charge in [0.05, 0.1) is 20.5 Å². The molecule has 2 saturated carbocycles. The minimum Gasteiger partial charge on any atom is -0.301 e. The van der Waals surface area contributed by atoms with Gasteiger partial charge in [-0.1, -0.05) is 60.2 Å². The minimum absolute atomic E-state index is 0.0944. The number of alkyl halides is 1. The molecule has 4 rings (SSSR count). The third-order valence-corrected chi connectivity index (χ3v) is 8.79. The van der Waals surface area contributed by atoms with Crippen LogP contribution in [0.5, 0.6) is 0 Å². The fourth-order valence-electron chi connectivity index (χ4n) is 4.59. The third kappa shape index (κ3) is 1.71. The SMILES string of the molecule is CC1(C)[C@]2(C(=O)Nc3nc4ccccc4s3)CC[C@]1(C)C(=O)[C@H]2Br. The Morgan fingerprint density at radius 2 is 2.00 bits per heavy atom. The van der Waals surface area contributed by atoms with Crippen molar-refractivity contribution in [3.63, 3.8) is 0 Å². The zero-order valence-electron chi connectivity index (χ0n) is 13.9. The summed E-state index contributed by atoms with van der Waals surface area (Å²) in [5.74, 6) is 0.0567. The van der Waals surface area contributed by atoms with Crippen LogP contribution < -0.4 is 5.32 Å². The first kappa shape index (κ1) is 16.2. The Balaban J connectivity index is 1.72. The van der Waals surface area contributed by atoms with Gasteiger partial charge in [-0.2, -0.15) is 0 Å². The number of fused-ring (bicyclic) bond motifs is 3. The van der Waals surface area contributed by atoms with E-state index in [0.717, 1.165) is 23.1 Å². The lowest BCUT2D eigenvalue weighted by atomic mass is 9.64. The van der Waals surface area contributed by atoms with E-state index < -0.39 is 21.1 Å². The molecule has 0 aliphatic heterocycles. The molecule has 126 valence electrons. The Morgan fingerprint density at radius 1 is 1.29 bits per heavy atom. The zero-order valence-corrected chi connectivity index (χ0v) is 16.3. The smallest absolute Gasteiger partial charge is 0.234 e. The number of carbonyl (C=O) groups is 2. The van der Waals surface area contributed by atoms with Gasteiger partial charge in [-0.05, 0) is 30.4 Å². The summed E-state index contributed by atoms with van der Waals surface area (Å²) in [7, 11) is 0. The van der Waals surface area contributed by atoms with Crippen molar-refractivity contribution in [2.24, 2.45) is 16.2 Å². The van der Waals surface area contributed by atoms with Crippen molar-refractivity contribution >= 4 is 54.3 Å². The van der Waals surface area contributed by atoms with Crippen LogP contribution in [-0.2, 0) is 9.59 Å².